The number of aliphatic carboxylic acids is 2. The Bertz CT molecular complexity index is 689. The molecule has 31 heavy (non-hydrogen) atoms. The van der Waals surface area contributed by atoms with Gasteiger partial charge in [-0.1, -0.05) is 0 Å². The van der Waals surface area contributed by atoms with E-state index < -0.39 is 66.4 Å². The summed E-state index contributed by atoms with van der Waals surface area (Å²) in [6.45, 7) is 1.47. The van der Waals surface area contributed by atoms with E-state index in [1.165, 1.54) is 18.7 Å². The Morgan fingerprint density at radius 2 is 1.81 bits per heavy atom. The molecule has 1 heterocycles. The lowest BCUT2D eigenvalue weighted by Gasteiger charge is -2.30. The molecule has 1 rings (SSSR count). The van der Waals surface area contributed by atoms with Gasteiger partial charge in [0.2, 0.25) is 17.7 Å². The summed E-state index contributed by atoms with van der Waals surface area (Å²) in [5.41, 5.74) is 5.53. The molecule has 5 atom stereocenters. The van der Waals surface area contributed by atoms with Crippen molar-refractivity contribution < 1.29 is 39.3 Å². The zero-order valence-corrected chi connectivity index (χ0v) is 18.3. The van der Waals surface area contributed by atoms with Crippen LogP contribution in [0.5, 0.6) is 0 Å². The number of carbonyl (C=O) groups excluding carboxylic acids is 3. The van der Waals surface area contributed by atoms with Crippen LogP contribution in [-0.4, -0.2) is 98.7 Å². The summed E-state index contributed by atoms with van der Waals surface area (Å²) in [4.78, 5) is 61.0. The first-order valence-corrected chi connectivity index (χ1v) is 11.2. The number of carbonyl (C=O) groups is 5. The summed E-state index contributed by atoms with van der Waals surface area (Å²) >= 11 is 1.40. The van der Waals surface area contributed by atoms with Crippen molar-refractivity contribution in [3.8, 4) is 0 Å². The lowest BCUT2D eigenvalue weighted by atomic mass is 10.1. The minimum atomic E-state index is -1.41. The van der Waals surface area contributed by atoms with E-state index in [4.69, 9.17) is 10.8 Å². The highest BCUT2D eigenvalue weighted by atomic mass is 32.2. The molecule has 0 aromatic carbocycles. The number of nitrogens with zero attached hydrogens (tertiary/aromatic N) is 1. The van der Waals surface area contributed by atoms with Gasteiger partial charge in [0.15, 0.2) is 0 Å². The van der Waals surface area contributed by atoms with E-state index in [1.54, 1.807) is 6.26 Å². The Balaban J connectivity index is 2.93. The van der Waals surface area contributed by atoms with Crippen LogP contribution < -0.4 is 16.4 Å². The third kappa shape index (κ3) is 7.99. The average Bonchev–Trinajstić information content (AvgIpc) is 3.17. The van der Waals surface area contributed by atoms with Crippen LogP contribution in [0.15, 0.2) is 0 Å². The number of rotatable bonds is 12. The van der Waals surface area contributed by atoms with Gasteiger partial charge < -0.3 is 36.6 Å². The van der Waals surface area contributed by atoms with Gasteiger partial charge in [0.25, 0.3) is 0 Å². The first-order chi connectivity index (χ1) is 14.5. The number of amides is 3. The lowest BCUT2D eigenvalue weighted by molar-refractivity contribution is -0.150. The molecular formula is C18H30N4O8S. The highest BCUT2D eigenvalue weighted by Crippen LogP contribution is 2.19. The third-order valence-electron chi connectivity index (χ3n) is 4.84. The van der Waals surface area contributed by atoms with E-state index in [2.05, 4.69) is 10.6 Å². The van der Waals surface area contributed by atoms with Crippen LogP contribution >= 0.6 is 11.8 Å². The number of carboxylic acids is 2. The highest BCUT2D eigenvalue weighted by Gasteiger charge is 2.40. The molecule has 0 aromatic rings. The van der Waals surface area contributed by atoms with Gasteiger partial charge in [-0.15, -0.1) is 0 Å². The molecule has 0 unspecified atom stereocenters. The Labute approximate surface area is 183 Å². The number of hydrogen-bond donors (Lipinski definition) is 6. The topological polar surface area (TPSA) is 199 Å². The number of likely N-dealkylation sites (tertiary alicyclic amines) is 1. The summed E-state index contributed by atoms with van der Waals surface area (Å²) in [5.74, 6) is -4.31. The van der Waals surface area contributed by atoms with Gasteiger partial charge in [0.1, 0.15) is 18.1 Å². The Hall–Kier alpha value is -2.38. The molecule has 176 valence electrons. The molecule has 0 spiro atoms. The highest BCUT2D eigenvalue weighted by molar-refractivity contribution is 7.98. The maximum atomic E-state index is 12.8. The van der Waals surface area contributed by atoms with Crippen LogP contribution in [0.25, 0.3) is 0 Å². The molecule has 3 amide bonds. The van der Waals surface area contributed by atoms with Crippen molar-refractivity contribution in [2.75, 3.05) is 18.6 Å². The fraction of sp³-hybridized carbons (Fsp3) is 0.722. The Morgan fingerprint density at radius 3 is 2.32 bits per heavy atom. The monoisotopic (exact) mass is 462 g/mol. The van der Waals surface area contributed by atoms with Crippen molar-refractivity contribution in [1.82, 2.24) is 15.5 Å². The van der Waals surface area contributed by atoms with Crippen LogP contribution in [0.4, 0.5) is 0 Å². The zero-order chi connectivity index (χ0) is 23.7. The van der Waals surface area contributed by atoms with E-state index in [-0.39, 0.29) is 19.4 Å². The number of aliphatic hydroxyl groups excluding tert-OH is 1. The van der Waals surface area contributed by atoms with E-state index in [9.17, 15) is 34.2 Å². The lowest BCUT2D eigenvalue weighted by Crippen LogP contribution is -2.60. The predicted molar refractivity (Wildman–Crippen MR) is 111 cm³/mol. The largest absolute Gasteiger partial charge is 0.481 e. The van der Waals surface area contributed by atoms with Crippen molar-refractivity contribution in [3.05, 3.63) is 0 Å². The normalized spacial score (nSPS) is 19.7. The van der Waals surface area contributed by atoms with Crippen molar-refractivity contribution >= 4 is 41.4 Å². The summed E-state index contributed by atoms with van der Waals surface area (Å²) in [7, 11) is 0. The SMILES string of the molecule is CSCC[C@H](NC(=O)[C@@H](N)CC(=O)O)C(=O)N[C@H](C(=O)N1CCC[C@H]1C(=O)O)[C@@H](C)O. The molecule has 7 N–H and O–H groups in total. The number of nitrogens with two attached hydrogens (primary N) is 1. The van der Waals surface area contributed by atoms with Crippen LogP contribution in [0, 0.1) is 0 Å². The molecule has 0 aromatic heterocycles. The molecule has 12 nitrogen and oxygen atoms in total. The van der Waals surface area contributed by atoms with Crippen molar-refractivity contribution in [2.24, 2.45) is 5.73 Å². The number of hydrogen-bond acceptors (Lipinski definition) is 8. The molecule has 0 saturated carbocycles. The van der Waals surface area contributed by atoms with E-state index in [1.807, 2.05) is 0 Å². The molecule has 13 heteroatoms. The standard InChI is InChI=1S/C18H30N4O8S/c1-9(23)14(17(28)22-6-3-4-12(22)18(29)30)21-16(27)11(5-7-31-2)20-15(26)10(19)8-13(24)25/h9-12,14,23H,3-8,19H2,1-2H3,(H,20,26)(H,21,27)(H,24,25)(H,29,30)/t9-,10+,11+,12+,14+/m1/s1. The van der Waals surface area contributed by atoms with Gasteiger partial charge in [0, 0.05) is 6.54 Å². The van der Waals surface area contributed by atoms with Crippen LogP contribution in [0.2, 0.25) is 0 Å². The summed E-state index contributed by atoms with van der Waals surface area (Å²) in [6, 6.07) is -4.93. The summed E-state index contributed by atoms with van der Waals surface area (Å²) in [6.07, 6.45) is 0.766. The average molecular weight is 463 g/mol. The second-order valence-corrected chi connectivity index (χ2v) is 8.29. The van der Waals surface area contributed by atoms with E-state index in [0.717, 1.165) is 4.90 Å². The van der Waals surface area contributed by atoms with Gasteiger partial charge in [-0.05, 0) is 38.2 Å². The summed E-state index contributed by atoms with van der Waals surface area (Å²) < 4.78 is 0. The Morgan fingerprint density at radius 1 is 1.16 bits per heavy atom. The van der Waals surface area contributed by atoms with E-state index in [0.29, 0.717) is 12.2 Å². The first-order valence-electron chi connectivity index (χ1n) is 9.78. The number of carboxylic acid groups (broad SMARTS) is 2. The Kier molecular flexibility index (Phi) is 10.7. The van der Waals surface area contributed by atoms with Gasteiger partial charge in [-0.2, -0.15) is 11.8 Å². The molecule has 0 radical (unpaired) electrons. The predicted octanol–water partition coefficient (Wildman–Crippen LogP) is -2.03. The molecule has 1 saturated heterocycles. The van der Waals surface area contributed by atoms with Gasteiger partial charge in [-0.25, -0.2) is 4.79 Å². The van der Waals surface area contributed by atoms with E-state index >= 15 is 0 Å². The van der Waals surface area contributed by atoms with Gasteiger partial charge in [-0.3, -0.25) is 19.2 Å². The van der Waals surface area contributed by atoms with Crippen molar-refractivity contribution in [1.29, 1.82) is 0 Å². The van der Waals surface area contributed by atoms with Crippen LogP contribution in [-0.2, 0) is 24.0 Å². The minimum absolute atomic E-state index is 0.167. The molecule has 0 aliphatic carbocycles. The molecule has 1 fully saturated rings. The van der Waals surface area contributed by atoms with Crippen molar-refractivity contribution in [2.45, 2.75) is 62.9 Å². The zero-order valence-electron chi connectivity index (χ0n) is 17.4. The quantitative estimate of drug-likeness (QED) is 0.188. The number of thioether (sulfide) groups is 1. The maximum Gasteiger partial charge on any atom is 0.326 e. The third-order valence-corrected chi connectivity index (χ3v) is 5.49. The second-order valence-electron chi connectivity index (χ2n) is 7.30. The van der Waals surface area contributed by atoms with Crippen LogP contribution in [0.1, 0.15) is 32.6 Å². The molecule has 1 aliphatic heterocycles. The number of aliphatic hydroxyl groups is 1. The van der Waals surface area contributed by atoms with Gasteiger partial charge in [0.05, 0.1) is 18.6 Å². The van der Waals surface area contributed by atoms with Crippen molar-refractivity contribution in [3.63, 3.8) is 0 Å². The first kappa shape index (κ1) is 26.7. The maximum absolute atomic E-state index is 12.8. The smallest absolute Gasteiger partial charge is 0.326 e. The van der Waals surface area contributed by atoms with Gasteiger partial charge >= 0.3 is 11.9 Å². The minimum Gasteiger partial charge on any atom is -0.481 e. The fourth-order valence-corrected chi connectivity index (χ4v) is 3.64. The molecule has 0 bridgehead atoms. The summed E-state index contributed by atoms with van der Waals surface area (Å²) in [5, 5.41) is 32.9. The number of nitrogens with one attached hydrogen (secondary N) is 2. The second kappa shape index (κ2) is 12.5. The fourth-order valence-electron chi connectivity index (χ4n) is 3.17. The molecular weight excluding hydrogens is 432 g/mol. The van der Waals surface area contributed by atoms with Crippen LogP contribution in [0.3, 0.4) is 0 Å². The molecule has 1 aliphatic rings.